The van der Waals surface area contributed by atoms with Crippen LogP contribution in [0.4, 0.5) is 0 Å². The van der Waals surface area contributed by atoms with Gasteiger partial charge < -0.3 is 0 Å². The summed E-state index contributed by atoms with van der Waals surface area (Å²) in [5.74, 6) is 3.85. The van der Waals surface area contributed by atoms with E-state index < -0.39 is 5.91 Å². The van der Waals surface area contributed by atoms with Gasteiger partial charge in [0, 0.05) is 6.42 Å². The number of hydrogen-bond donors (Lipinski definition) is 2. The van der Waals surface area contributed by atoms with E-state index in [-0.39, 0.29) is 17.8 Å². The molecule has 0 fully saturated rings. The van der Waals surface area contributed by atoms with Crippen molar-refractivity contribution in [2.75, 3.05) is 0 Å². The van der Waals surface area contributed by atoms with Crippen molar-refractivity contribution in [2.24, 2.45) is 5.84 Å². The first-order valence-corrected chi connectivity index (χ1v) is 2.86. The molecule has 56 valence electrons. The fourth-order valence-corrected chi connectivity index (χ4v) is 0.427. The molecule has 4 heteroatoms. The Balaban J connectivity index is 4.09. The molecular formula is C6H10N2O2. The van der Waals surface area contributed by atoms with Gasteiger partial charge in [-0.3, -0.25) is 15.0 Å². The molecule has 0 aliphatic heterocycles. The molecule has 0 rings (SSSR count). The highest BCUT2D eigenvalue weighted by Crippen LogP contribution is 1.94. The summed E-state index contributed by atoms with van der Waals surface area (Å²) in [6.45, 7) is 4.90. The molecule has 0 aromatic rings. The van der Waals surface area contributed by atoms with E-state index in [1.807, 2.05) is 5.43 Å². The molecule has 10 heavy (non-hydrogen) atoms. The minimum Gasteiger partial charge on any atom is -0.294 e. The molecule has 0 saturated carbocycles. The summed E-state index contributed by atoms with van der Waals surface area (Å²) < 4.78 is 0. The van der Waals surface area contributed by atoms with E-state index in [0.29, 0.717) is 0 Å². The van der Waals surface area contributed by atoms with Crippen LogP contribution in [0.5, 0.6) is 0 Å². The number of carbonyl (C=O) groups is 2. The quantitative estimate of drug-likeness (QED) is 0.139. The SMILES string of the molecule is C=C(C(=O)CC)C(=O)NN. The lowest BCUT2D eigenvalue weighted by Gasteiger charge is -1.98. The summed E-state index contributed by atoms with van der Waals surface area (Å²) in [5, 5.41) is 0. The Labute approximate surface area is 59.1 Å². The van der Waals surface area contributed by atoms with E-state index in [9.17, 15) is 9.59 Å². The van der Waals surface area contributed by atoms with E-state index in [4.69, 9.17) is 5.84 Å². The van der Waals surface area contributed by atoms with Gasteiger partial charge in [0.15, 0.2) is 5.78 Å². The zero-order valence-electron chi connectivity index (χ0n) is 5.81. The van der Waals surface area contributed by atoms with Crippen molar-refractivity contribution in [3.05, 3.63) is 12.2 Å². The van der Waals surface area contributed by atoms with Crippen LogP contribution in [0.2, 0.25) is 0 Å². The first-order valence-electron chi connectivity index (χ1n) is 2.86. The van der Waals surface area contributed by atoms with Crippen LogP contribution in [0, 0.1) is 0 Å². The van der Waals surface area contributed by atoms with Crippen molar-refractivity contribution in [3.8, 4) is 0 Å². The van der Waals surface area contributed by atoms with E-state index in [1.165, 1.54) is 0 Å². The van der Waals surface area contributed by atoms with Crippen LogP contribution in [-0.2, 0) is 9.59 Å². The number of Topliss-reactive ketones (excluding diaryl/α,β-unsaturated/α-hetero) is 1. The smallest absolute Gasteiger partial charge is 0.268 e. The average Bonchev–Trinajstić information content (AvgIpc) is 2.00. The van der Waals surface area contributed by atoms with Crippen LogP contribution < -0.4 is 11.3 Å². The molecule has 0 atom stereocenters. The van der Waals surface area contributed by atoms with Crippen molar-refractivity contribution >= 4 is 11.7 Å². The minimum absolute atomic E-state index is 0.0926. The summed E-state index contributed by atoms with van der Waals surface area (Å²) in [7, 11) is 0. The van der Waals surface area contributed by atoms with Gasteiger partial charge in [0.1, 0.15) is 0 Å². The monoisotopic (exact) mass is 142 g/mol. The standard InChI is InChI=1S/C6H10N2O2/c1-3-5(9)4(2)6(10)8-7/h2-3,7H2,1H3,(H,8,10). The third kappa shape index (κ3) is 1.99. The van der Waals surface area contributed by atoms with Gasteiger partial charge in [-0.05, 0) is 0 Å². The third-order valence-electron chi connectivity index (χ3n) is 1.06. The topological polar surface area (TPSA) is 72.2 Å². The lowest BCUT2D eigenvalue weighted by molar-refractivity contribution is -0.122. The number of rotatable bonds is 3. The molecule has 0 saturated heterocycles. The molecule has 0 bridgehead atoms. The number of hydrogen-bond acceptors (Lipinski definition) is 3. The van der Waals surface area contributed by atoms with Gasteiger partial charge in [-0.1, -0.05) is 13.5 Å². The normalized spacial score (nSPS) is 8.60. The Kier molecular flexibility index (Phi) is 3.35. The van der Waals surface area contributed by atoms with Crippen LogP contribution in [0.15, 0.2) is 12.2 Å². The fraction of sp³-hybridized carbons (Fsp3) is 0.333. The van der Waals surface area contributed by atoms with Crippen molar-refractivity contribution < 1.29 is 9.59 Å². The van der Waals surface area contributed by atoms with Crippen molar-refractivity contribution in [2.45, 2.75) is 13.3 Å². The summed E-state index contributed by atoms with van der Waals surface area (Å²) in [6, 6.07) is 0. The van der Waals surface area contributed by atoms with Gasteiger partial charge in [0.2, 0.25) is 0 Å². The second kappa shape index (κ2) is 3.79. The Bertz CT molecular complexity index is 157. The molecule has 3 N–H and O–H groups in total. The molecule has 0 aromatic heterocycles. The molecule has 4 nitrogen and oxygen atoms in total. The summed E-state index contributed by atoms with van der Waals surface area (Å²) in [6.07, 6.45) is 0.270. The highest BCUT2D eigenvalue weighted by Gasteiger charge is 2.11. The molecule has 1 amide bonds. The number of amides is 1. The van der Waals surface area contributed by atoms with E-state index in [2.05, 4.69) is 6.58 Å². The van der Waals surface area contributed by atoms with Crippen molar-refractivity contribution in [1.82, 2.24) is 5.43 Å². The maximum absolute atomic E-state index is 10.7. The molecule has 0 unspecified atom stereocenters. The lowest BCUT2D eigenvalue weighted by atomic mass is 10.1. The Morgan fingerprint density at radius 1 is 1.60 bits per heavy atom. The van der Waals surface area contributed by atoms with Crippen LogP contribution >= 0.6 is 0 Å². The van der Waals surface area contributed by atoms with E-state index in [1.54, 1.807) is 6.92 Å². The molecule has 0 aromatic carbocycles. The number of nitrogens with two attached hydrogens (primary N) is 1. The first kappa shape index (κ1) is 8.84. The Hall–Kier alpha value is -1.16. The average molecular weight is 142 g/mol. The number of ketones is 1. The van der Waals surface area contributed by atoms with E-state index >= 15 is 0 Å². The molecule has 0 aliphatic carbocycles. The van der Waals surface area contributed by atoms with Gasteiger partial charge >= 0.3 is 0 Å². The Morgan fingerprint density at radius 3 is 2.40 bits per heavy atom. The highest BCUT2D eigenvalue weighted by atomic mass is 16.2. The van der Waals surface area contributed by atoms with Gasteiger partial charge in [-0.2, -0.15) is 0 Å². The molecule has 0 radical (unpaired) electrons. The number of hydrazine groups is 1. The molecule has 0 spiro atoms. The minimum atomic E-state index is -0.619. The molecule has 0 aliphatic rings. The third-order valence-corrected chi connectivity index (χ3v) is 1.06. The predicted octanol–water partition coefficient (Wildman–Crippen LogP) is -0.488. The van der Waals surface area contributed by atoms with Crippen LogP contribution in [0.1, 0.15) is 13.3 Å². The van der Waals surface area contributed by atoms with Gasteiger partial charge in [-0.15, -0.1) is 0 Å². The van der Waals surface area contributed by atoms with E-state index in [0.717, 1.165) is 0 Å². The summed E-state index contributed by atoms with van der Waals surface area (Å²) >= 11 is 0. The second-order valence-electron chi connectivity index (χ2n) is 1.73. The first-order chi connectivity index (χ1) is 4.63. The highest BCUT2D eigenvalue weighted by molar-refractivity contribution is 6.18. The second-order valence-corrected chi connectivity index (χ2v) is 1.73. The van der Waals surface area contributed by atoms with Crippen molar-refractivity contribution in [1.29, 1.82) is 0 Å². The maximum Gasteiger partial charge on any atom is 0.268 e. The van der Waals surface area contributed by atoms with Crippen LogP contribution in [0.25, 0.3) is 0 Å². The van der Waals surface area contributed by atoms with Crippen LogP contribution in [0.3, 0.4) is 0 Å². The molecular weight excluding hydrogens is 132 g/mol. The Morgan fingerprint density at radius 2 is 2.10 bits per heavy atom. The lowest BCUT2D eigenvalue weighted by Crippen LogP contribution is -2.33. The summed E-state index contributed by atoms with van der Waals surface area (Å²) in [4.78, 5) is 21.3. The largest absolute Gasteiger partial charge is 0.294 e. The van der Waals surface area contributed by atoms with Gasteiger partial charge in [0.05, 0.1) is 5.57 Å². The number of carbonyl (C=O) groups excluding carboxylic acids is 2. The zero-order chi connectivity index (χ0) is 8.15. The molecule has 0 heterocycles. The fourth-order valence-electron chi connectivity index (χ4n) is 0.427. The predicted molar refractivity (Wildman–Crippen MR) is 36.8 cm³/mol. The maximum atomic E-state index is 10.7. The van der Waals surface area contributed by atoms with Crippen LogP contribution in [-0.4, -0.2) is 11.7 Å². The van der Waals surface area contributed by atoms with Crippen molar-refractivity contribution in [3.63, 3.8) is 0 Å². The zero-order valence-corrected chi connectivity index (χ0v) is 5.81. The number of nitrogens with one attached hydrogen (secondary N) is 1. The summed E-state index contributed by atoms with van der Waals surface area (Å²) in [5.41, 5.74) is 1.73. The van der Waals surface area contributed by atoms with Gasteiger partial charge in [-0.25, -0.2) is 5.84 Å². The van der Waals surface area contributed by atoms with Gasteiger partial charge in [0.25, 0.3) is 5.91 Å².